The molecule has 1 aromatic carbocycles. The van der Waals surface area contributed by atoms with Crippen molar-refractivity contribution in [2.24, 2.45) is 11.7 Å². The van der Waals surface area contributed by atoms with Crippen LogP contribution in [-0.4, -0.2) is 29.4 Å². The average molecular weight is 401 g/mol. The van der Waals surface area contributed by atoms with E-state index in [1.807, 2.05) is 13.8 Å². The number of aromatic nitrogens is 1. The van der Waals surface area contributed by atoms with Gasteiger partial charge < -0.3 is 16.4 Å². The summed E-state index contributed by atoms with van der Waals surface area (Å²) in [5, 5.41) is 5.58. The van der Waals surface area contributed by atoms with E-state index in [4.69, 9.17) is 5.73 Å². The third-order valence-electron chi connectivity index (χ3n) is 3.54. The molecule has 0 bridgehead atoms. The van der Waals surface area contributed by atoms with Gasteiger partial charge in [0.15, 0.2) is 5.13 Å². The number of hydrogen-bond acceptors (Lipinski definition) is 5. The number of carbonyl (C=O) groups is 2. The summed E-state index contributed by atoms with van der Waals surface area (Å²) in [4.78, 5) is 28.7. The highest BCUT2D eigenvalue weighted by molar-refractivity contribution is 7.15. The Bertz CT molecular complexity index is 737. The van der Waals surface area contributed by atoms with E-state index in [9.17, 15) is 14.0 Å². The van der Waals surface area contributed by atoms with Crippen LogP contribution in [0.5, 0.6) is 0 Å². The number of hydrogen-bond donors (Lipinski definition) is 3. The van der Waals surface area contributed by atoms with Crippen LogP contribution in [0, 0.1) is 11.7 Å². The number of carbonyl (C=O) groups excluding carboxylic acids is 2. The Labute approximate surface area is 161 Å². The SMILES string of the molecule is CC(C)[C@H](N)C(=O)NCC(=O)Nc1ncc(Cc2ccc(F)cc2)s1.Cl. The summed E-state index contributed by atoms with van der Waals surface area (Å²) < 4.78 is 12.9. The van der Waals surface area contributed by atoms with Crippen molar-refractivity contribution in [3.63, 3.8) is 0 Å². The Hall–Kier alpha value is -2.03. The molecular weight excluding hydrogens is 379 g/mol. The summed E-state index contributed by atoms with van der Waals surface area (Å²) in [6, 6.07) is 5.59. The largest absolute Gasteiger partial charge is 0.346 e. The predicted octanol–water partition coefficient (Wildman–Crippen LogP) is 2.33. The number of nitrogens with one attached hydrogen (secondary N) is 2. The first kappa shape index (κ1) is 22.0. The van der Waals surface area contributed by atoms with Crippen molar-refractivity contribution in [1.29, 1.82) is 0 Å². The Morgan fingerprint density at radius 2 is 1.92 bits per heavy atom. The topological polar surface area (TPSA) is 97.1 Å². The van der Waals surface area contributed by atoms with Gasteiger partial charge in [0.2, 0.25) is 11.8 Å². The zero-order valence-corrected chi connectivity index (χ0v) is 16.1. The van der Waals surface area contributed by atoms with Gasteiger partial charge in [-0.1, -0.05) is 26.0 Å². The molecule has 0 radical (unpaired) electrons. The molecule has 0 saturated carbocycles. The lowest BCUT2D eigenvalue weighted by Gasteiger charge is -2.14. The van der Waals surface area contributed by atoms with Gasteiger partial charge in [0.25, 0.3) is 0 Å². The lowest BCUT2D eigenvalue weighted by atomic mass is 10.1. The number of nitrogens with two attached hydrogens (primary N) is 1. The molecular formula is C17H22ClFN4O2S. The van der Waals surface area contributed by atoms with E-state index in [1.165, 1.54) is 23.5 Å². The maximum absolute atomic E-state index is 12.9. The highest BCUT2D eigenvalue weighted by Gasteiger charge is 2.17. The third kappa shape index (κ3) is 6.70. The van der Waals surface area contributed by atoms with E-state index < -0.39 is 6.04 Å². The number of rotatable bonds is 7. The standard InChI is InChI=1S/C17H21FN4O2S.ClH/c1-10(2)15(19)16(24)20-9-14(23)22-17-21-8-13(25-17)7-11-3-5-12(18)6-4-11;/h3-6,8,10,15H,7,9,19H2,1-2H3,(H,20,24)(H,21,22,23);1H/t15-;/m0./s1. The Balaban J connectivity index is 0.00000338. The lowest BCUT2D eigenvalue weighted by molar-refractivity contribution is -0.125. The first-order chi connectivity index (χ1) is 11.8. The number of amides is 2. The summed E-state index contributed by atoms with van der Waals surface area (Å²) in [6.45, 7) is 3.51. The van der Waals surface area contributed by atoms with Crippen LogP contribution in [0.4, 0.5) is 9.52 Å². The zero-order valence-electron chi connectivity index (χ0n) is 14.5. The van der Waals surface area contributed by atoms with Gasteiger partial charge in [0.05, 0.1) is 12.6 Å². The van der Waals surface area contributed by atoms with Crippen LogP contribution >= 0.6 is 23.7 Å². The number of nitrogens with zero attached hydrogens (tertiary/aromatic N) is 1. The average Bonchev–Trinajstić information content (AvgIpc) is 3.00. The molecule has 0 aliphatic heterocycles. The molecule has 0 fully saturated rings. The molecule has 142 valence electrons. The van der Waals surface area contributed by atoms with Crippen molar-refractivity contribution < 1.29 is 14.0 Å². The monoisotopic (exact) mass is 400 g/mol. The normalized spacial score (nSPS) is 11.6. The minimum absolute atomic E-state index is 0. The van der Waals surface area contributed by atoms with Crippen LogP contribution in [-0.2, 0) is 16.0 Å². The molecule has 2 aromatic rings. The summed E-state index contributed by atoms with van der Waals surface area (Å²) in [6.07, 6.45) is 2.27. The van der Waals surface area contributed by atoms with Gasteiger partial charge in [0.1, 0.15) is 5.82 Å². The van der Waals surface area contributed by atoms with E-state index in [0.29, 0.717) is 11.6 Å². The molecule has 0 aliphatic carbocycles. The van der Waals surface area contributed by atoms with Crippen molar-refractivity contribution in [3.05, 3.63) is 46.7 Å². The summed E-state index contributed by atoms with van der Waals surface area (Å²) in [5.74, 6) is -1.01. The molecule has 1 heterocycles. The molecule has 0 unspecified atom stereocenters. The summed E-state index contributed by atoms with van der Waals surface area (Å²) >= 11 is 1.33. The van der Waals surface area contributed by atoms with Gasteiger partial charge in [-0.2, -0.15) is 0 Å². The summed E-state index contributed by atoms with van der Waals surface area (Å²) in [7, 11) is 0. The number of halogens is 2. The van der Waals surface area contributed by atoms with Crippen LogP contribution in [0.15, 0.2) is 30.5 Å². The molecule has 6 nitrogen and oxygen atoms in total. The van der Waals surface area contributed by atoms with Crippen molar-refractivity contribution in [3.8, 4) is 0 Å². The molecule has 1 aromatic heterocycles. The van der Waals surface area contributed by atoms with Gasteiger partial charge in [-0.3, -0.25) is 9.59 Å². The van der Waals surface area contributed by atoms with Crippen molar-refractivity contribution in [2.45, 2.75) is 26.3 Å². The van der Waals surface area contributed by atoms with Crippen LogP contribution in [0.2, 0.25) is 0 Å². The van der Waals surface area contributed by atoms with Crippen LogP contribution in [0.3, 0.4) is 0 Å². The third-order valence-corrected chi connectivity index (χ3v) is 4.45. The fourth-order valence-corrected chi connectivity index (χ4v) is 2.86. The Kier molecular flexibility index (Phi) is 8.64. The van der Waals surface area contributed by atoms with E-state index in [2.05, 4.69) is 15.6 Å². The summed E-state index contributed by atoms with van der Waals surface area (Å²) in [5.41, 5.74) is 6.66. The van der Waals surface area contributed by atoms with Crippen molar-refractivity contribution >= 4 is 40.7 Å². The molecule has 1 atom stereocenters. The first-order valence-electron chi connectivity index (χ1n) is 7.87. The van der Waals surface area contributed by atoms with Crippen LogP contribution in [0.1, 0.15) is 24.3 Å². The van der Waals surface area contributed by atoms with Crippen LogP contribution < -0.4 is 16.4 Å². The number of anilines is 1. The Morgan fingerprint density at radius 3 is 2.54 bits per heavy atom. The van der Waals surface area contributed by atoms with Crippen molar-refractivity contribution in [2.75, 3.05) is 11.9 Å². The van der Waals surface area contributed by atoms with Gasteiger partial charge in [-0.25, -0.2) is 9.37 Å². The second-order valence-electron chi connectivity index (χ2n) is 5.97. The zero-order chi connectivity index (χ0) is 18.4. The van der Waals surface area contributed by atoms with Crippen molar-refractivity contribution in [1.82, 2.24) is 10.3 Å². The maximum Gasteiger partial charge on any atom is 0.245 e. The molecule has 9 heteroatoms. The first-order valence-corrected chi connectivity index (χ1v) is 8.69. The lowest BCUT2D eigenvalue weighted by Crippen LogP contribution is -2.46. The van der Waals surface area contributed by atoms with Gasteiger partial charge in [-0.05, 0) is 23.6 Å². The van der Waals surface area contributed by atoms with Gasteiger partial charge in [-0.15, -0.1) is 23.7 Å². The van der Waals surface area contributed by atoms with Gasteiger partial charge >= 0.3 is 0 Å². The van der Waals surface area contributed by atoms with E-state index >= 15 is 0 Å². The molecule has 2 rings (SSSR count). The minimum Gasteiger partial charge on any atom is -0.346 e. The molecule has 4 N–H and O–H groups in total. The molecule has 2 amide bonds. The smallest absolute Gasteiger partial charge is 0.245 e. The Morgan fingerprint density at radius 1 is 1.27 bits per heavy atom. The molecule has 0 aliphatic rings. The minimum atomic E-state index is -0.644. The highest BCUT2D eigenvalue weighted by Crippen LogP contribution is 2.21. The molecule has 0 saturated heterocycles. The highest BCUT2D eigenvalue weighted by atomic mass is 35.5. The fraction of sp³-hybridized carbons (Fsp3) is 0.353. The number of thiazole rings is 1. The predicted molar refractivity (Wildman–Crippen MR) is 103 cm³/mol. The second kappa shape index (κ2) is 10.2. The van der Waals surface area contributed by atoms with Crippen LogP contribution in [0.25, 0.3) is 0 Å². The van der Waals surface area contributed by atoms with Gasteiger partial charge in [0, 0.05) is 17.5 Å². The fourth-order valence-electron chi connectivity index (χ4n) is 2.00. The number of benzene rings is 1. The maximum atomic E-state index is 12.9. The van der Waals surface area contributed by atoms with E-state index in [-0.39, 0.29) is 42.5 Å². The molecule has 0 spiro atoms. The van der Waals surface area contributed by atoms with E-state index in [1.54, 1.807) is 18.3 Å². The molecule has 26 heavy (non-hydrogen) atoms. The van der Waals surface area contributed by atoms with E-state index in [0.717, 1.165) is 10.4 Å². The second-order valence-corrected chi connectivity index (χ2v) is 7.09. The quantitative estimate of drug-likeness (QED) is 0.664.